The second kappa shape index (κ2) is 11.4. The van der Waals surface area contributed by atoms with Gasteiger partial charge in [-0.15, -0.1) is 10.2 Å². The van der Waals surface area contributed by atoms with Gasteiger partial charge in [0.2, 0.25) is 5.91 Å². The van der Waals surface area contributed by atoms with Crippen LogP contribution in [0, 0.1) is 5.92 Å². The van der Waals surface area contributed by atoms with Crippen molar-refractivity contribution in [2.45, 2.75) is 58.0 Å². The molecule has 8 heteroatoms. The summed E-state index contributed by atoms with van der Waals surface area (Å²) in [5.74, 6) is 2.64. The Hall–Kier alpha value is -2.06. The Kier molecular flexibility index (Phi) is 8.57. The van der Waals surface area contributed by atoms with E-state index in [-0.39, 0.29) is 12.0 Å². The number of carbonyl (C=O) groups excluding carboxylic acids is 1. The average molecular weight is 433 g/mol. The van der Waals surface area contributed by atoms with Gasteiger partial charge in [-0.25, -0.2) is 0 Å². The van der Waals surface area contributed by atoms with Crippen molar-refractivity contribution < 1.29 is 14.3 Å². The number of morpholine rings is 1. The number of carbonyl (C=O) groups is 1. The maximum absolute atomic E-state index is 12.7. The van der Waals surface area contributed by atoms with Gasteiger partial charge in [0.15, 0.2) is 11.0 Å². The van der Waals surface area contributed by atoms with Crippen LogP contribution in [0.25, 0.3) is 0 Å². The van der Waals surface area contributed by atoms with E-state index in [2.05, 4.69) is 35.5 Å². The van der Waals surface area contributed by atoms with Crippen LogP contribution in [0.1, 0.15) is 39.4 Å². The summed E-state index contributed by atoms with van der Waals surface area (Å²) in [6.45, 7) is 9.59. The van der Waals surface area contributed by atoms with E-state index < -0.39 is 0 Å². The number of para-hydroxylation sites is 1. The van der Waals surface area contributed by atoms with Gasteiger partial charge in [-0.2, -0.15) is 0 Å². The molecule has 1 aromatic carbocycles. The zero-order valence-electron chi connectivity index (χ0n) is 18.1. The Labute approximate surface area is 183 Å². The van der Waals surface area contributed by atoms with Crippen molar-refractivity contribution in [2.24, 2.45) is 5.92 Å². The van der Waals surface area contributed by atoms with Crippen LogP contribution in [0.4, 0.5) is 0 Å². The second-order valence-corrected chi connectivity index (χ2v) is 8.81. The van der Waals surface area contributed by atoms with Gasteiger partial charge in [-0.1, -0.05) is 50.7 Å². The Morgan fingerprint density at radius 1 is 1.30 bits per heavy atom. The molecule has 30 heavy (non-hydrogen) atoms. The van der Waals surface area contributed by atoms with Gasteiger partial charge in [0.05, 0.1) is 18.5 Å². The minimum Gasteiger partial charge on any atom is -0.486 e. The molecule has 0 saturated carbocycles. The fourth-order valence-electron chi connectivity index (χ4n) is 3.22. The zero-order chi connectivity index (χ0) is 21.3. The number of aromatic nitrogens is 3. The van der Waals surface area contributed by atoms with E-state index in [1.54, 1.807) is 0 Å². The lowest BCUT2D eigenvalue weighted by molar-refractivity contribution is -0.135. The fourth-order valence-corrected chi connectivity index (χ4v) is 4.11. The molecule has 0 bridgehead atoms. The van der Waals surface area contributed by atoms with E-state index >= 15 is 0 Å². The maximum atomic E-state index is 12.7. The number of hydrogen-bond donors (Lipinski definition) is 0. The van der Waals surface area contributed by atoms with Crippen molar-refractivity contribution in [3.8, 4) is 5.75 Å². The molecule has 3 rings (SSSR count). The molecule has 7 nitrogen and oxygen atoms in total. The number of rotatable bonds is 10. The lowest BCUT2D eigenvalue weighted by Crippen LogP contribution is -2.46. The first-order chi connectivity index (χ1) is 14.6. The van der Waals surface area contributed by atoms with Crippen molar-refractivity contribution in [3.63, 3.8) is 0 Å². The summed E-state index contributed by atoms with van der Waals surface area (Å²) in [7, 11) is 0. The molecular formula is C22H32N4O3S. The Morgan fingerprint density at radius 2 is 2.10 bits per heavy atom. The topological polar surface area (TPSA) is 69.5 Å². The predicted molar refractivity (Wildman–Crippen MR) is 118 cm³/mol. The van der Waals surface area contributed by atoms with Gasteiger partial charge in [0, 0.05) is 19.6 Å². The van der Waals surface area contributed by atoms with Crippen molar-refractivity contribution >= 4 is 17.7 Å². The molecule has 1 saturated heterocycles. The van der Waals surface area contributed by atoms with Crippen LogP contribution in [0.15, 0.2) is 35.5 Å². The molecule has 0 N–H and O–H groups in total. The highest BCUT2D eigenvalue weighted by Crippen LogP contribution is 2.21. The Balaban J connectivity index is 1.62. The SMILES string of the molecule is CCC1CN(C(=O)CSc2nnc(COc3ccccc3)n2CCC(C)C)CCO1. The molecule has 1 fully saturated rings. The Morgan fingerprint density at radius 3 is 2.83 bits per heavy atom. The lowest BCUT2D eigenvalue weighted by Gasteiger charge is -2.32. The van der Waals surface area contributed by atoms with Gasteiger partial charge >= 0.3 is 0 Å². The number of nitrogens with zero attached hydrogens (tertiary/aromatic N) is 4. The Bertz CT molecular complexity index is 797. The molecule has 1 unspecified atom stereocenters. The molecule has 2 heterocycles. The summed E-state index contributed by atoms with van der Waals surface area (Å²) in [5, 5.41) is 9.48. The van der Waals surface area contributed by atoms with E-state index in [4.69, 9.17) is 9.47 Å². The molecule has 2 aromatic rings. The molecular weight excluding hydrogens is 400 g/mol. The minimum atomic E-state index is 0.127. The summed E-state index contributed by atoms with van der Waals surface area (Å²) in [6.07, 6.45) is 2.08. The van der Waals surface area contributed by atoms with Crippen LogP contribution in [0.5, 0.6) is 5.75 Å². The van der Waals surface area contributed by atoms with E-state index in [0.717, 1.165) is 36.1 Å². The van der Waals surface area contributed by atoms with E-state index in [9.17, 15) is 4.79 Å². The van der Waals surface area contributed by atoms with E-state index in [1.165, 1.54) is 11.8 Å². The summed E-state index contributed by atoms with van der Waals surface area (Å²) in [4.78, 5) is 14.6. The number of benzene rings is 1. The number of ether oxygens (including phenoxy) is 2. The zero-order valence-corrected chi connectivity index (χ0v) is 18.9. The van der Waals surface area contributed by atoms with Crippen molar-refractivity contribution in [1.29, 1.82) is 0 Å². The van der Waals surface area contributed by atoms with Crippen LogP contribution in [0.3, 0.4) is 0 Å². The van der Waals surface area contributed by atoms with Crippen molar-refractivity contribution in [3.05, 3.63) is 36.2 Å². The average Bonchev–Trinajstić information content (AvgIpc) is 3.17. The van der Waals surface area contributed by atoms with Gasteiger partial charge in [-0.3, -0.25) is 4.79 Å². The van der Waals surface area contributed by atoms with Gasteiger partial charge in [0.1, 0.15) is 12.4 Å². The normalized spacial score (nSPS) is 16.8. The van der Waals surface area contributed by atoms with Crippen LogP contribution in [0.2, 0.25) is 0 Å². The molecule has 1 amide bonds. The van der Waals surface area contributed by atoms with E-state index in [1.807, 2.05) is 35.2 Å². The maximum Gasteiger partial charge on any atom is 0.233 e. The third-order valence-electron chi connectivity index (χ3n) is 5.11. The molecule has 0 radical (unpaired) electrons. The third kappa shape index (κ3) is 6.47. The highest BCUT2D eigenvalue weighted by molar-refractivity contribution is 7.99. The molecule has 0 aliphatic carbocycles. The van der Waals surface area contributed by atoms with Gasteiger partial charge in [0.25, 0.3) is 0 Å². The highest BCUT2D eigenvalue weighted by Gasteiger charge is 2.24. The summed E-state index contributed by atoms with van der Waals surface area (Å²) in [5.41, 5.74) is 0. The fraction of sp³-hybridized carbons (Fsp3) is 0.591. The van der Waals surface area contributed by atoms with Crippen LogP contribution in [-0.2, 0) is 22.7 Å². The van der Waals surface area contributed by atoms with Crippen LogP contribution in [-0.4, -0.2) is 57.1 Å². The van der Waals surface area contributed by atoms with Crippen LogP contribution >= 0.6 is 11.8 Å². The summed E-state index contributed by atoms with van der Waals surface area (Å²) in [6, 6.07) is 9.70. The summed E-state index contributed by atoms with van der Waals surface area (Å²) < 4.78 is 13.6. The smallest absolute Gasteiger partial charge is 0.233 e. The molecule has 1 aliphatic rings. The highest BCUT2D eigenvalue weighted by atomic mass is 32.2. The second-order valence-electron chi connectivity index (χ2n) is 7.86. The first-order valence-electron chi connectivity index (χ1n) is 10.7. The summed E-state index contributed by atoms with van der Waals surface area (Å²) >= 11 is 1.45. The van der Waals surface area contributed by atoms with Crippen molar-refractivity contribution in [2.75, 3.05) is 25.4 Å². The quantitative estimate of drug-likeness (QED) is 0.534. The largest absolute Gasteiger partial charge is 0.486 e. The number of thioether (sulfide) groups is 1. The standard InChI is InChI=1S/C22H32N4O3S/c1-4-18-14-25(12-13-28-18)21(27)16-30-22-24-23-20(26(22)11-10-17(2)3)15-29-19-8-6-5-7-9-19/h5-9,17-18H,4,10-16H2,1-3H3. The van der Waals surface area contributed by atoms with Crippen LogP contribution < -0.4 is 4.74 Å². The minimum absolute atomic E-state index is 0.127. The van der Waals surface area contributed by atoms with Gasteiger partial charge < -0.3 is 18.9 Å². The van der Waals surface area contributed by atoms with Crippen molar-refractivity contribution in [1.82, 2.24) is 19.7 Å². The predicted octanol–water partition coefficient (Wildman–Crippen LogP) is 3.63. The molecule has 0 spiro atoms. The third-order valence-corrected chi connectivity index (χ3v) is 6.06. The molecule has 1 aromatic heterocycles. The number of hydrogen-bond acceptors (Lipinski definition) is 6. The molecule has 164 valence electrons. The molecule has 1 atom stereocenters. The first-order valence-corrected chi connectivity index (χ1v) is 11.7. The van der Waals surface area contributed by atoms with E-state index in [0.29, 0.717) is 38.0 Å². The number of amides is 1. The first kappa shape index (κ1) is 22.6. The monoisotopic (exact) mass is 432 g/mol. The van der Waals surface area contributed by atoms with Gasteiger partial charge in [-0.05, 0) is 30.9 Å². The molecule has 1 aliphatic heterocycles. The lowest BCUT2D eigenvalue weighted by atomic mass is 10.1.